The Labute approximate surface area is 225 Å². The maximum absolute atomic E-state index is 14.7. The van der Waals surface area contributed by atoms with Gasteiger partial charge in [0.05, 0.1) is 17.9 Å². The van der Waals surface area contributed by atoms with Crippen molar-refractivity contribution in [1.29, 1.82) is 0 Å². The van der Waals surface area contributed by atoms with Gasteiger partial charge in [0.15, 0.2) is 5.69 Å². The van der Waals surface area contributed by atoms with Gasteiger partial charge in [-0.25, -0.2) is 9.18 Å². The highest BCUT2D eigenvalue weighted by Gasteiger charge is 2.33. The van der Waals surface area contributed by atoms with E-state index in [9.17, 15) is 18.8 Å². The molecule has 0 radical (unpaired) electrons. The number of ether oxygens (including phenoxy) is 2. The van der Waals surface area contributed by atoms with Crippen LogP contribution in [0.25, 0.3) is 16.5 Å². The average molecular weight is 542 g/mol. The van der Waals surface area contributed by atoms with E-state index in [0.717, 1.165) is 16.0 Å². The first-order valence-electron chi connectivity index (χ1n) is 12.1. The number of benzene rings is 3. The van der Waals surface area contributed by atoms with Gasteiger partial charge in [-0.2, -0.15) is 9.78 Å². The zero-order valence-corrected chi connectivity index (χ0v) is 21.3. The largest absolute Gasteiger partial charge is 0.461 e. The fraction of sp³-hybridized carbons (Fsp3) is 0.103. The van der Waals surface area contributed by atoms with Crippen LogP contribution >= 0.6 is 11.3 Å². The van der Waals surface area contributed by atoms with E-state index < -0.39 is 29.2 Å². The summed E-state index contributed by atoms with van der Waals surface area (Å²) in [5.74, 6) is -1.46. The molecule has 0 fully saturated rings. The molecule has 6 rings (SSSR count). The maximum Gasteiger partial charge on any atom is 0.359 e. The number of thiophene rings is 1. The lowest BCUT2D eigenvalue weighted by molar-refractivity contribution is -0.116. The predicted molar refractivity (Wildman–Crippen MR) is 145 cm³/mol. The third kappa shape index (κ3) is 4.15. The number of nitrogens with zero attached hydrogens (tertiary/aromatic N) is 2. The molecular formula is C29H20FN3O5S. The molecule has 0 unspecified atom stereocenters. The van der Waals surface area contributed by atoms with Crippen LogP contribution in [-0.2, 0) is 9.53 Å². The quantitative estimate of drug-likeness (QED) is 0.289. The molecule has 0 aliphatic carbocycles. The Kier molecular flexibility index (Phi) is 6.16. The first-order chi connectivity index (χ1) is 19.0. The number of anilines is 1. The number of rotatable bonds is 5. The van der Waals surface area contributed by atoms with E-state index in [2.05, 4.69) is 10.4 Å². The fourth-order valence-electron chi connectivity index (χ4n) is 4.66. The number of carbonyl (C=O) groups is 2. The zero-order chi connectivity index (χ0) is 27.1. The molecule has 0 spiro atoms. The highest BCUT2D eigenvalue weighted by molar-refractivity contribution is 7.16. The Morgan fingerprint density at radius 1 is 1.03 bits per heavy atom. The second-order valence-electron chi connectivity index (χ2n) is 8.69. The number of nitrogens with one attached hydrogen (secondary N) is 1. The highest BCUT2D eigenvalue weighted by atomic mass is 32.1. The number of esters is 1. The number of amides is 1. The SMILES string of the molecule is CCOC(=O)c1nn(-c2ccccc2F)c(=O)c2c(NC(=O)C3c4ccccc4Oc4ccccc43)scc12. The first kappa shape index (κ1) is 24.5. The lowest BCUT2D eigenvalue weighted by Gasteiger charge is -2.27. The van der Waals surface area contributed by atoms with E-state index in [0.29, 0.717) is 22.6 Å². The first-order valence-corrected chi connectivity index (χ1v) is 13.0. The molecule has 3 heterocycles. The summed E-state index contributed by atoms with van der Waals surface area (Å²) in [4.78, 5) is 40.3. The van der Waals surface area contributed by atoms with E-state index in [1.54, 1.807) is 30.5 Å². The van der Waals surface area contributed by atoms with E-state index in [-0.39, 0.29) is 33.8 Å². The van der Waals surface area contributed by atoms with Crippen molar-refractivity contribution in [3.05, 3.63) is 111 Å². The molecule has 0 saturated carbocycles. The predicted octanol–water partition coefficient (Wildman–Crippen LogP) is 5.64. The van der Waals surface area contributed by atoms with Crippen LogP contribution in [-0.4, -0.2) is 28.3 Å². The molecule has 0 bridgehead atoms. The lowest BCUT2D eigenvalue weighted by atomic mass is 9.87. The van der Waals surface area contributed by atoms with Crippen LogP contribution in [0.5, 0.6) is 11.5 Å². The molecule has 194 valence electrons. The molecule has 10 heteroatoms. The Bertz CT molecular complexity index is 1780. The molecular weight excluding hydrogens is 521 g/mol. The summed E-state index contributed by atoms with van der Waals surface area (Å²) < 4.78 is 26.7. The minimum absolute atomic E-state index is 0.0308. The molecule has 8 nitrogen and oxygen atoms in total. The summed E-state index contributed by atoms with van der Waals surface area (Å²) in [5, 5.41) is 9.05. The van der Waals surface area contributed by atoms with Crippen LogP contribution in [0, 0.1) is 5.82 Å². The average Bonchev–Trinajstić information content (AvgIpc) is 3.36. The van der Waals surface area contributed by atoms with E-state index >= 15 is 0 Å². The summed E-state index contributed by atoms with van der Waals surface area (Å²) in [6, 6.07) is 20.1. The number of aromatic nitrogens is 2. The van der Waals surface area contributed by atoms with Crippen LogP contribution in [0.15, 0.2) is 83.0 Å². The maximum atomic E-state index is 14.7. The second-order valence-corrected chi connectivity index (χ2v) is 9.57. The number of hydrogen-bond acceptors (Lipinski definition) is 7. The van der Waals surface area contributed by atoms with Crippen LogP contribution < -0.4 is 15.6 Å². The topological polar surface area (TPSA) is 99.5 Å². The third-order valence-electron chi connectivity index (χ3n) is 6.38. The van der Waals surface area contributed by atoms with Crippen molar-refractivity contribution in [3.63, 3.8) is 0 Å². The normalized spacial score (nSPS) is 12.4. The third-order valence-corrected chi connectivity index (χ3v) is 7.28. The molecule has 5 aromatic rings. The number of hydrogen-bond donors (Lipinski definition) is 1. The Morgan fingerprint density at radius 3 is 2.33 bits per heavy atom. The summed E-state index contributed by atoms with van der Waals surface area (Å²) in [7, 11) is 0. The van der Waals surface area contributed by atoms with Gasteiger partial charge in [-0.1, -0.05) is 48.5 Å². The van der Waals surface area contributed by atoms with E-state index in [1.165, 1.54) is 18.2 Å². The zero-order valence-electron chi connectivity index (χ0n) is 20.5. The summed E-state index contributed by atoms with van der Waals surface area (Å²) in [5.41, 5.74) is 0.366. The van der Waals surface area contributed by atoms with Crippen LogP contribution in [0.4, 0.5) is 9.39 Å². The van der Waals surface area contributed by atoms with Crippen LogP contribution in [0.3, 0.4) is 0 Å². The summed E-state index contributed by atoms with van der Waals surface area (Å²) in [6.45, 7) is 1.72. The van der Waals surface area contributed by atoms with Crippen molar-refractivity contribution >= 4 is 39.0 Å². The second kappa shape index (κ2) is 9.80. The van der Waals surface area contributed by atoms with Gasteiger partial charge >= 0.3 is 5.97 Å². The van der Waals surface area contributed by atoms with E-state index in [4.69, 9.17) is 9.47 Å². The monoisotopic (exact) mass is 541 g/mol. The van der Waals surface area contributed by atoms with Gasteiger partial charge in [0.1, 0.15) is 28.0 Å². The van der Waals surface area contributed by atoms with Gasteiger partial charge in [-0.15, -0.1) is 11.3 Å². The lowest BCUT2D eigenvalue weighted by Crippen LogP contribution is -2.28. The Balaban J connectivity index is 1.50. The molecule has 1 aliphatic heterocycles. The molecule has 1 N–H and O–H groups in total. The van der Waals surface area contributed by atoms with Gasteiger partial charge in [0.25, 0.3) is 5.56 Å². The number of carbonyl (C=O) groups excluding carboxylic acids is 2. The van der Waals surface area contributed by atoms with Crippen molar-refractivity contribution in [2.75, 3.05) is 11.9 Å². The molecule has 3 aromatic carbocycles. The van der Waals surface area contributed by atoms with Crippen molar-refractivity contribution in [2.24, 2.45) is 0 Å². The standard InChI is InChI=1S/C29H20FN3O5S/c1-2-37-29(36)25-18-15-39-27(24(18)28(35)33(32-25)20-12-6-5-11-19(20)30)31-26(34)23-16-9-3-7-13-21(16)38-22-14-8-4-10-17(22)23/h3-15,23H,2H2,1H3,(H,31,34). The molecule has 0 saturated heterocycles. The van der Waals surface area contributed by atoms with Crippen molar-refractivity contribution < 1.29 is 23.5 Å². The number of fused-ring (bicyclic) bond motifs is 3. The Hall–Kier alpha value is -4.83. The summed E-state index contributed by atoms with van der Waals surface area (Å²) in [6.07, 6.45) is 0. The number of halogens is 1. The molecule has 1 aliphatic rings. The van der Waals surface area contributed by atoms with Crippen LogP contribution in [0.1, 0.15) is 34.5 Å². The van der Waals surface area contributed by atoms with Crippen molar-refractivity contribution in [1.82, 2.24) is 9.78 Å². The van der Waals surface area contributed by atoms with Gasteiger partial charge in [0, 0.05) is 21.9 Å². The van der Waals surface area contributed by atoms with E-state index in [1.807, 2.05) is 36.4 Å². The van der Waals surface area contributed by atoms with Crippen molar-refractivity contribution in [2.45, 2.75) is 12.8 Å². The summed E-state index contributed by atoms with van der Waals surface area (Å²) >= 11 is 1.07. The molecule has 1 amide bonds. The smallest absolute Gasteiger partial charge is 0.359 e. The Morgan fingerprint density at radius 2 is 1.67 bits per heavy atom. The highest BCUT2D eigenvalue weighted by Crippen LogP contribution is 2.44. The minimum atomic E-state index is -0.768. The van der Waals surface area contributed by atoms with Gasteiger partial charge < -0.3 is 14.8 Å². The fourth-order valence-corrected chi connectivity index (χ4v) is 5.59. The van der Waals surface area contributed by atoms with Gasteiger partial charge in [-0.3, -0.25) is 9.59 Å². The van der Waals surface area contributed by atoms with Crippen molar-refractivity contribution in [3.8, 4) is 17.2 Å². The molecule has 0 atom stereocenters. The number of para-hydroxylation sites is 3. The van der Waals surface area contributed by atoms with Gasteiger partial charge in [0.2, 0.25) is 5.91 Å². The van der Waals surface area contributed by atoms with Gasteiger partial charge in [-0.05, 0) is 31.2 Å². The minimum Gasteiger partial charge on any atom is -0.461 e. The van der Waals surface area contributed by atoms with Crippen LogP contribution in [0.2, 0.25) is 0 Å². The molecule has 2 aromatic heterocycles. The molecule has 39 heavy (non-hydrogen) atoms.